The molecule has 5 nitrogen and oxygen atoms in total. The Labute approximate surface area is 224 Å². The van der Waals surface area contributed by atoms with Crippen LogP contribution in [-0.2, 0) is 19.1 Å². The van der Waals surface area contributed by atoms with Crippen molar-refractivity contribution in [3.05, 3.63) is 11.6 Å². The maximum atomic E-state index is 14.1. The first-order valence-corrected chi connectivity index (χ1v) is 14.9. The first kappa shape index (κ1) is 27.2. The van der Waals surface area contributed by atoms with Gasteiger partial charge in [-0.25, -0.2) is 0 Å². The Morgan fingerprint density at radius 3 is 2.51 bits per heavy atom. The van der Waals surface area contributed by atoms with Crippen LogP contribution >= 0.6 is 0 Å². The Bertz CT molecular complexity index is 997. The van der Waals surface area contributed by atoms with Gasteiger partial charge in [-0.2, -0.15) is 0 Å². The predicted molar refractivity (Wildman–Crippen MR) is 143 cm³/mol. The number of rotatable bonds is 5. The number of carbonyl (C=O) groups excluding carboxylic acids is 2. The Balaban J connectivity index is 1.58. The highest BCUT2D eigenvalue weighted by Crippen LogP contribution is 2.76. The van der Waals surface area contributed by atoms with Crippen LogP contribution in [0, 0.1) is 45.3 Å². The van der Waals surface area contributed by atoms with Crippen LogP contribution in [-0.4, -0.2) is 34.9 Å². The summed E-state index contributed by atoms with van der Waals surface area (Å²) in [4.78, 5) is 26.5. The highest BCUT2D eigenvalue weighted by molar-refractivity contribution is 5.84. The molecule has 4 aliphatic carbocycles. The normalized spacial score (nSPS) is 47.9. The minimum absolute atomic E-state index is 0.0623. The molecular formula is C32H50O5. The topological polar surface area (TPSA) is 72.8 Å². The summed E-state index contributed by atoms with van der Waals surface area (Å²) in [7, 11) is 0. The molecule has 9 atom stereocenters. The summed E-state index contributed by atoms with van der Waals surface area (Å²) >= 11 is 0. The number of fused-ring (bicyclic) bond motifs is 4. The van der Waals surface area contributed by atoms with Gasteiger partial charge in [0.05, 0.1) is 17.4 Å². The van der Waals surface area contributed by atoms with Crippen molar-refractivity contribution in [2.45, 2.75) is 131 Å². The molecule has 0 radical (unpaired) electrons. The maximum absolute atomic E-state index is 14.1. The van der Waals surface area contributed by atoms with Crippen LogP contribution in [0.5, 0.6) is 0 Å². The van der Waals surface area contributed by atoms with Crippen molar-refractivity contribution < 1.29 is 24.2 Å². The van der Waals surface area contributed by atoms with Crippen molar-refractivity contribution in [2.75, 3.05) is 0 Å². The van der Waals surface area contributed by atoms with E-state index in [9.17, 15) is 14.7 Å². The van der Waals surface area contributed by atoms with Crippen molar-refractivity contribution in [2.24, 2.45) is 45.3 Å². The lowest BCUT2D eigenvalue weighted by atomic mass is 9.41. The predicted octanol–water partition coefficient (Wildman–Crippen LogP) is 6.62. The third kappa shape index (κ3) is 3.57. The summed E-state index contributed by atoms with van der Waals surface area (Å²) in [6.07, 6.45) is 9.98. The summed E-state index contributed by atoms with van der Waals surface area (Å²) in [6, 6.07) is 0. The van der Waals surface area contributed by atoms with Gasteiger partial charge in [0.2, 0.25) is 0 Å². The van der Waals surface area contributed by atoms with Crippen LogP contribution in [0.4, 0.5) is 0 Å². The van der Waals surface area contributed by atoms with E-state index in [0.29, 0.717) is 24.2 Å². The van der Waals surface area contributed by atoms with Gasteiger partial charge in [-0.3, -0.25) is 9.59 Å². The molecule has 1 spiro atoms. The van der Waals surface area contributed by atoms with Crippen molar-refractivity contribution in [1.82, 2.24) is 0 Å². The molecule has 1 heterocycles. The van der Waals surface area contributed by atoms with Crippen LogP contribution < -0.4 is 0 Å². The van der Waals surface area contributed by atoms with Gasteiger partial charge in [-0.15, -0.1) is 0 Å². The van der Waals surface area contributed by atoms with E-state index in [1.807, 2.05) is 0 Å². The van der Waals surface area contributed by atoms with E-state index in [4.69, 9.17) is 9.47 Å². The number of esters is 2. The summed E-state index contributed by atoms with van der Waals surface area (Å²) in [5.74, 6) is 0.941. The van der Waals surface area contributed by atoms with E-state index < -0.39 is 11.0 Å². The van der Waals surface area contributed by atoms with Crippen LogP contribution in [0.3, 0.4) is 0 Å². The van der Waals surface area contributed by atoms with E-state index >= 15 is 0 Å². The molecule has 1 aliphatic heterocycles. The molecule has 0 aromatic heterocycles. The molecule has 9 unspecified atom stereocenters. The third-order valence-electron chi connectivity index (χ3n) is 12.3. The number of allylic oxidation sites excluding steroid dienone is 2. The second-order valence-corrected chi connectivity index (χ2v) is 15.0. The monoisotopic (exact) mass is 514 g/mol. The van der Waals surface area contributed by atoms with Crippen LogP contribution in [0.1, 0.15) is 113 Å². The smallest absolute Gasteiger partial charge is 0.314 e. The number of hydrogen-bond acceptors (Lipinski definition) is 5. The van der Waals surface area contributed by atoms with Crippen molar-refractivity contribution >= 4 is 11.9 Å². The van der Waals surface area contributed by atoms with Gasteiger partial charge in [0.1, 0.15) is 11.7 Å². The molecule has 0 amide bonds. The number of hydrogen-bond donors (Lipinski definition) is 1. The minimum Gasteiger partial charge on any atom is -0.462 e. The lowest BCUT2D eigenvalue weighted by Gasteiger charge is -2.63. The van der Waals surface area contributed by atoms with Crippen LogP contribution in [0.2, 0.25) is 0 Å². The molecule has 0 aromatic rings. The number of carbonyl (C=O) groups is 2. The van der Waals surface area contributed by atoms with Gasteiger partial charge in [0, 0.05) is 12.3 Å². The lowest BCUT2D eigenvalue weighted by Crippen LogP contribution is -2.59. The van der Waals surface area contributed by atoms with E-state index in [2.05, 4.69) is 54.5 Å². The number of ether oxygens (including phenoxy) is 2. The Morgan fingerprint density at radius 1 is 1.16 bits per heavy atom. The first-order valence-electron chi connectivity index (χ1n) is 14.9. The summed E-state index contributed by atoms with van der Waals surface area (Å²) in [5.41, 5.74) is -0.278. The van der Waals surface area contributed by atoms with Gasteiger partial charge in [0.15, 0.2) is 0 Å². The van der Waals surface area contributed by atoms with Crippen molar-refractivity contribution in [1.29, 1.82) is 0 Å². The van der Waals surface area contributed by atoms with E-state index in [-0.39, 0.29) is 46.3 Å². The highest BCUT2D eigenvalue weighted by Gasteiger charge is 2.79. The van der Waals surface area contributed by atoms with E-state index in [1.54, 1.807) is 0 Å². The Morgan fingerprint density at radius 2 is 1.86 bits per heavy atom. The minimum atomic E-state index is -0.644. The Hall–Kier alpha value is -1.36. The standard InChI is InChI=1S/C32H50O5/c1-19(2)10-9-15-31(8)26-23(36-20(3)33)18-30(7)22-11-12-24-28(4,5)25(34)14-16-29(24,6)21(22)13-17-32(26,30)27(35)37-31/h11,19,21,23-26,34H,9-10,12-18H2,1-8H3. The van der Waals surface area contributed by atoms with Gasteiger partial charge >= 0.3 is 11.9 Å². The second-order valence-electron chi connectivity index (χ2n) is 15.0. The van der Waals surface area contributed by atoms with Gasteiger partial charge in [-0.1, -0.05) is 59.6 Å². The zero-order chi connectivity index (χ0) is 27.2. The molecule has 0 bridgehead atoms. The maximum Gasteiger partial charge on any atom is 0.314 e. The molecule has 4 fully saturated rings. The fourth-order valence-corrected chi connectivity index (χ4v) is 10.6. The fraction of sp³-hybridized carbons (Fsp3) is 0.875. The molecule has 37 heavy (non-hydrogen) atoms. The zero-order valence-electron chi connectivity index (χ0n) is 24.5. The molecule has 1 N–H and O–H groups in total. The molecule has 0 aromatic carbocycles. The number of cyclic esters (lactones) is 1. The SMILES string of the molecule is CC(=O)OC1CC2(C)C3=CCC4C(C)(C)C(O)CCC4(C)C3CCC23C(=O)OC(C)(CCCC(C)C)C13. The molecule has 5 rings (SSSR count). The number of aliphatic hydroxyl groups is 1. The summed E-state index contributed by atoms with van der Waals surface area (Å²) in [6.45, 7) is 17.3. The van der Waals surface area contributed by atoms with Crippen LogP contribution in [0.15, 0.2) is 11.6 Å². The lowest BCUT2D eigenvalue weighted by molar-refractivity contribution is -0.163. The molecule has 208 valence electrons. The van der Waals surface area contributed by atoms with Gasteiger partial charge in [-0.05, 0) is 86.9 Å². The average Bonchev–Trinajstić information content (AvgIpc) is 3.17. The molecule has 3 saturated carbocycles. The first-order chi connectivity index (χ1) is 17.1. The largest absolute Gasteiger partial charge is 0.462 e. The van der Waals surface area contributed by atoms with E-state index in [1.165, 1.54) is 12.5 Å². The quantitative estimate of drug-likeness (QED) is 0.330. The highest BCUT2D eigenvalue weighted by atomic mass is 16.6. The number of aliphatic hydroxyl groups excluding tert-OH is 1. The fourth-order valence-electron chi connectivity index (χ4n) is 10.6. The molecule has 5 aliphatic rings. The molecular weight excluding hydrogens is 464 g/mol. The zero-order valence-corrected chi connectivity index (χ0v) is 24.5. The second kappa shape index (κ2) is 8.57. The van der Waals surface area contributed by atoms with Gasteiger partial charge in [0.25, 0.3) is 0 Å². The van der Waals surface area contributed by atoms with E-state index in [0.717, 1.165) is 51.4 Å². The molecule has 1 saturated heterocycles. The summed E-state index contributed by atoms with van der Waals surface area (Å²) < 4.78 is 12.5. The summed E-state index contributed by atoms with van der Waals surface area (Å²) in [5, 5.41) is 10.9. The van der Waals surface area contributed by atoms with Crippen LogP contribution in [0.25, 0.3) is 0 Å². The third-order valence-corrected chi connectivity index (χ3v) is 12.3. The average molecular weight is 515 g/mol. The Kier molecular flexibility index (Phi) is 6.30. The van der Waals surface area contributed by atoms with Crippen molar-refractivity contribution in [3.8, 4) is 0 Å². The molecule has 5 heteroatoms. The van der Waals surface area contributed by atoms with Crippen molar-refractivity contribution in [3.63, 3.8) is 0 Å². The van der Waals surface area contributed by atoms with Gasteiger partial charge < -0.3 is 14.6 Å².